The molecule has 2 fully saturated rings. The van der Waals surface area contributed by atoms with Gasteiger partial charge in [0.15, 0.2) is 0 Å². The first-order valence-electron chi connectivity index (χ1n) is 8.11. The van der Waals surface area contributed by atoms with Crippen LogP contribution < -0.4 is 5.32 Å². The maximum absolute atomic E-state index is 12.2. The number of amides is 2. The number of aromatic nitrogens is 2. The number of hydrogen-bond acceptors (Lipinski definition) is 4. The fourth-order valence-electron chi connectivity index (χ4n) is 3.40. The average molecular weight is 300 g/mol. The van der Waals surface area contributed by atoms with E-state index in [2.05, 4.69) is 15.3 Å². The summed E-state index contributed by atoms with van der Waals surface area (Å²) in [4.78, 5) is 34.8. The Morgan fingerprint density at radius 2 is 2.23 bits per heavy atom. The molecule has 1 N–H and O–H groups in total. The molecule has 2 amide bonds. The molecule has 0 spiro atoms. The molecule has 0 aromatic carbocycles. The molecule has 2 heterocycles. The first-order valence-corrected chi connectivity index (χ1v) is 8.11. The average Bonchev–Trinajstić information content (AvgIpc) is 3.12. The Bertz CT molecular complexity index is 627. The molecule has 3 aliphatic rings. The quantitative estimate of drug-likeness (QED) is 0.883. The molecule has 0 bridgehead atoms. The lowest BCUT2D eigenvalue weighted by molar-refractivity contribution is -0.129. The van der Waals surface area contributed by atoms with Gasteiger partial charge in [-0.3, -0.25) is 9.59 Å². The van der Waals surface area contributed by atoms with Gasteiger partial charge >= 0.3 is 0 Å². The Hall–Kier alpha value is -1.98. The summed E-state index contributed by atoms with van der Waals surface area (Å²) in [5.74, 6) is 0.511. The third kappa shape index (κ3) is 2.58. The van der Waals surface area contributed by atoms with Gasteiger partial charge in [0.05, 0.1) is 12.5 Å². The van der Waals surface area contributed by atoms with Crippen LogP contribution in [-0.2, 0) is 29.0 Å². The van der Waals surface area contributed by atoms with Crippen molar-refractivity contribution < 1.29 is 9.59 Å². The highest BCUT2D eigenvalue weighted by molar-refractivity contribution is 5.89. The van der Waals surface area contributed by atoms with Crippen molar-refractivity contribution in [3.63, 3.8) is 0 Å². The van der Waals surface area contributed by atoms with E-state index in [0.717, 1.165) is 37.8 Å². The van der Waals surface area contributed by atoms with Gasteiger partial charge in [-0.05, 0) is 37.7 Å². The van der Waals surface area contributed by atoms with E-state index in [4.69, 9.17) is 0 Å². The number of carbonyl (C=O) groups is 2. The van der Waals surface area contributed by atoms with Crippen molar-refractivity contribution >= 4 is 11.8 Å². The highest BCUT2D eigenvalue weighted by atomic mass is 16.2. The van der Waals surface area contributed by atoms with Gasteiger partial charge in [0.1, 0.15) is 5.82 Å². The van der Waals surface area contributed by atoms with Crippen LogP contribution in [0.4, 0.5) is 0 Å². The highest BCUT2D eigenvalue weighted by Crippen LogP contribution is 2.32. The van der Waals surface area contributed by atoms with Crippen molar-refractivity contribution in [3.8, 4) is 0 Å². The standard InChI is InChI=1S/C16H20N4O2/c21-15-6-11(9-20(15)12-4-5-12)16(22)18-8-14-17-7-10-2-1-3-13(10)19-14/h7,11-12H,1-6,8-9H2,(H,18,22). The summed E-state index contributed by atoms with van der Waals surface area (Å²) in [5, 5.41) is 2.89. The second-order valence-electron chi connectivity index (χ2n) is 6.51. The third-order valence-corrected chi connectivity index (χ3v) is 4.80. The Morgan fingerprint density at radius 1 is 1.36 bits per heavy atom. The molecule has 6 heteroatoms. The SMILES string of the molecule is O=C(NCc1ncc2c(n1)CCC2)C1CC(=O)N(C2CC2)C1. The van der Waals surface area contributed by atoms with E-state index in [1.807, 2.05) is 11.1 Å². The fraction of sp³-hybridized carbons (Fsp3) is 0.625. The van der Waals surface area contributed by atoms with Gasteiger partial charge in [0.25, 0.3) is 0 Å². The number of carbonyl (C=O) groups excluding carboxylic acids is 2. The molecule has 1 atom stereocenters. The number of nitrogens with one attached hydrogen (secondary N) is 1. The molecule has 1 aromatic heterocycles. The molecule has 2 aliphatic carbocycles. The summed E-state index contributed by atoms with van der Waals surface area (Å²) in [7, 11) is 0. The van der Waals surface area contributed by atoms with Gasteiger partial charge in [-0.15, -0.1) is 0 Å². The second-order valence-corrected chi connectivity index (χ2v) is 6.51. The van der Waals surface area contributed by atoms with Crippen molar-refractivity contribution in [3.05, 3.63) is 23.3 Å². The molecule has 1 saturated carbocycles. The zero-order chi connectivity index (χ0) is 15.1. The molecule has 1 aliphatic heterocycles. The van der Waals surface area contributed by atoms with Gasteiger partial charge in [0, 0.05) is 30.9 Å². The predicted molar refractivity (Wildman–Crippen MR) is 78.7 cm³/mol. The Morgan fingerprint density at radius 3 is 3.05 bits per heavy atom. The summed E-state index contributed by atoms with van der Waals surface area (Å²) in [5.41, 5.74) is 2.35. The van der Waals surface area contributed by atoms with Crippen LogP contribution >= 0.6 is 0 Å². The lowest BCUT2D eigenvalue weighted by Crippen LogP contribution is -2.33. The number of aryl methyl sites for hydroxylation is 2. The van der Waals surface area contributed by atoms with Crippen LogP contribution in [0.25, 0.3) is 0 Å². The van der Waals surface area contributed by atoms with Crippen molar-refractivity contribution in [1.82, 2.24) is 20.2 Å². The smallest absolute Gasteiger partial charge is 0.225 e. The topological polar surface area (TPSA) is 75.2 Å². The molecule has 22 heavy (non-hydrogen) atoms. The Balaban J connectivity index is 1.34. The van der Waals surface area contributed by atoms with E-state index >= 15 is 0 Å². The van der Waals surface area contributed by atoms with E-state index in [9.17, 15) is 9.59 Å². The van der Waals surface area contributed by atoms with Crippen LogP contribution in [0, 0.1) is 5.92 Å². The van der Waals surface area contributed by atoms with Crippen LogP contribution in [0.3, 0.4) is 0 Å². The first kappa shape index (κ1) is 13.7. The zero-order valence-electron chi connectivity index (χ0n) is 12.5. The van der Waals surface area contributed by atoms with Crippen molar-refractivity contribution in [2.75, 3.05) is 6.54 Å². The van der Waals surface area contributed by atoms with E-state index in [0.29, 0.717) is 31.4 Å². The summed E-state index contributed by atoms with van der Waals surface area (Å²) >= 11 is 0. The summed E-state index contributed by atoms with van der Waals surface area (Å²) in [6.45, 7) is 0.917. The largest absolute Gasteiger partial charge is 0.348 e. The van der Waals surface area contributed by atoms with Crippen molar-refractivity contribution in [2.24, 2.45) is 5.92 Å². The van der Waals surface area contributed by atoms with E-state index in [1.165, 1.54) is 5.56 Å². The molecular weight excluding hydrogens is 280 g/mol. The number of hydrogen-bond donors (Lipinski definition) is 1. The van der Waals surface area contributed by atoms with Gasteiger partial charge in [0.2, 0.25) is 11.8 Å². The lowest BCUT2D eigenvalue weighted by atomic mass is 10.1. The maximum Gasteiger partial charge on any atom is 0.225 e. The van der Waals surface area contributed by atoms with Crippen LogP contribution in [0.5, 0.6) is 0 Å². The van der Waals surface area contributed by atoms with Gasteiger partial charge in [-0.2, -0.15) is 0 Å². The van der Waals surface area contributed by atoms with E-state index in [1.54, 1.807) is 0 Å². The minimum atomic E-state index is -0.220. The van der Waals surface area contributed by atoms with Crippen molar-refractivity contribution in [1.29, 1.82) is 0 Å². The number of likely N-dealkylation sites (tertiary alicyclic amines) is 1. The molecule has 1 aromatic rings. The second kappa shape index (κ2) is 5.34. The Labute approximate surface area is 129 Å². The molecule has 1 unspecified atom stereocenters. The van der Waals surface area contributed by atoms with Gasteiger partial charge < -0.3 is 10.2 Å². The van der Waals surface area contributed by atoms with E-state index in [-0.39, 0.29) is 17.7 Å². The maximum atomic E-state index is 12.2. The molecule has 116 valence electrons. The number of nitrogens with zero attached hydrogens (tertiary/aromatic N) is 3. The van der Waals surface area contributed by atoms with Gasteiger partial charge in [-0.1, -0.05) is 0 Å². The minimum Gasteiger partial charge on any atom is -0.348 e. The van der Waals surface area contributed by atoms with Crippen molar-refractivity contribution in [2.45, 2.75) is 51.1 Å². The fourth-order valence-corrected chi connectivity index (χ4v) is 3.40. The first-order chi connectivity index (χ1) is 10.7. The summed E-state index contributed by atoms with van der Waals surface area (Å²) in [6, 6.07) is 0.394. The predicted octanol–water partition coefficient (Wildman–Crippen LogP) is 0.592. The Kier molecular flexibility index (Phi) is 3.32. The monoisotopic (exact) mass is 300 g/mol. The highest BCUT2D eigenvalue weighted by Gasteiger charge is 2.41. The minimum absolute atomic E-state index is 0.0550. The van der Waals surface area contributed by atoms with Crippen LogP contribution in [0.1, 0.15) is 42.8 Å². The van der Waals surface area contributed by atoms with E-state index < -0.39 is 0 Å². The normalized spacial score (nSPS) is 23.7. The van der Waals surface area contributed by atoms with Crippen LogP contribution in [0.15, 0.2) is 6.20 Å². The third-order valence-electron chi connectivity index (χ3n) is 4.80. The summed E-state index contributed by atoms with van der Waals surface area (Å²) in [6.07, 6.45) is 7.60. The number of rotatable bonds is 4. The zero-order valence-corrected chi connectivity index (χ0v) is 12.5. The molecule has 4 rings (SSSR count). The molecule has 0 radical (unpaired) electrons. The summed E-state index contributed by atoms with van der Waals surface area (Å²) < 4.78 is 0. The van der Waals surface area contributed by atoms with Crippen LogP contribution in [-0.4, -0.2) is 39.3 Å². The van der Waals surface area contributed by atoms with Crippen LogP contribution in [0.2, 0.25) is 0 Å². The molecule has 1 saturated heterocycles. The molecule has 6 nitrogen and oxygen atoms in total. The number of fused-ring (bicyclic) bond motifs is 1. The lowest BCUT2D eigenvalue weighted by Gasteiger charge is -2.15. The molecular formula is C16H20N4O2. The van der Waals surface area contributed by atoms with Gasteiger partial charge in [-0.25, -0.2) is 9.97 Å².